The molecule has 120 valence electrons. The predicted octanol–water partition coefficient (Wildman–Crippen LogP) is 1.47. The van der Waals surface area contributed by atoms with Gasteiger partial charge in [0.1, 0.15) is 5.69 Å². The smallest absolute Gasteiger partial charge is 0.272 e. The van der Waals surface area contributed by atoms with Crippen LogP contribution in [-0.2, 0) is 11.8 Å². The third-order valence-corrected chi connectivity index (χ3v) is 3.77. The Bertz CT molecular complexity index is 732. The molecule has 0 spiro atoms. The number of nitro benzene ring substituents is 1. The highest BCUT2D eigenvalue weighted by Gasteiger charge is 2.22. The molecule has 8 heteroatoms. The first kappa shape index (κ1) is 15.2. The molecule has 2 heterocycles. The summed E-state index contributed by atoms with van der Waals surface area (Å²) in [6, 6.07) is 7.81. The molecule has 0 radical (unpaired) electrons. The van der Waals surface area contributed by atoms with Crippen molar-refractivity contribution < 1.29 is 14.5 Å². The number of morpholine rings is 1. The van der Waals surface area contributed by atoms with E-state index in [-0.39, 0.29) is 11.6 Å². The average molecular weight is 316 g/mol. The Hall–Kier alpha value is -2.74. The van der Waals surface area contributed by atoms with Crippen LogP contribution in [0.15, 0.2) is 30.3 Å². The minimum atomic E-state index is -0.449. The number of amides is 1. The number of nitrogens with zero attached hydrogens (tertiary/aromatic N) is 4. The Morgan fingerprint density at radius 1 is 1.26 bits per heavy atom. The molecule has 2 aromatic rings. The Labute approximate surface area is 132 Å². The highest BCUT2D eigenvalue weighted by molar-refractivity contribution is 5.93. The van der Waals surface area contributed by atoms with Gasteiger partial charge in [-0.3, -0.25) is 19.6 Å². The lowest BCUT2D eigenvalue weighted by molar-refractivity contribution is -0.384. The monoisotopic (exact) mass is 316 g/mol. The summed E-state index contributed by atoms with van der Waals surface area (Å²) in [5, 5.41) is 15.0. The molecule has 1 aromatic carbocycles. The maximum absolute atomic E-state index is 12.5. The number of ether oxygens (including phenoxy) is 1. The Balaban J connectivity index is 1.85. The van der Waals surface area contributed by atoms with Crippen LogP contribution in [-0.4, -0.2) is 51.8 Å². The third kappa shape index (κ3) is 3.07. The third-order valence-electron chi connectivity index (χ3n) is 3.77. The summed E-state index contributed by atoms with van der Waals surface area (Å²) in [5.74, 6) is -0.0866. The zero-order chi connectivity index (χ0) is 16.4. The molecule has 3 rings (SSSR count). The fraction of sp³-hybridized carbons (Fsp3) is 0.333. The summed E-state index contributed by atoms with van der Waals surface area (Å²) in [6.07, 6.45) is 0. The number of benzene rings is 1. The van der Waals surface area contributed by atoms with E-state index in [1.165, 1.54) is 16.8 Å². The summed E-state index contributed by atoms with van der Waals surface area (Å²) in [6.45, 7) is 2.21. The van der Waals surface area contributed by atoms with E-state index < -0.39 is 4.92 Å². The molecule has 23 heavy (non-hydrogen) atoms. The zero-order valence-electron chi connectivity index (χ0n) is 12.6. The fourth-order valence-corrected chi connectivity index (χ4v) is 2.49. The van der Waals surface area contributed by atoms with Gasteiger partial charge < -0.3 is 9.64 Å². The van der Waals surface area contributed by atoms with E-state index in [4.69, 9.17) is 4.74 Å². The average Bonchev–Trinajstić information content (AvgIpc) is 2.97. The van der Waals surface area contributed by atoms with Gasteiger partial charge in [-0.05, 0) is 18.2 Å². The molecule has 1 fully saturated rings. The summed E-state index contributed by atoms with van der Waals surface area (Å²) in [5.41, 5.74) is 1.85. The molecule has 1 saturated heterocycles. The normalized spacial score (nSPS) is 14.7. The van der Waals surface area contributed by atoms with E-state index in [1.54, 1.807) is 30.1 Å². The Kier molecular flexibility index (Phi) is 4.07. The number of aryl methyl sites for hydroxylation is 1. The van der Waals surface area contributed by atoms with Crippen molar-refractivity contribution in [1.82, 2.24) is 14.7 Å². The SMILES string of the molecule is Cn1nc(-c2ccc([N+](=O)[O-])cc2)cc1C(=O)N1CCOCC1. The lowest BCUT2D eigenvalue weighted by Crippen LogP contribution is -2.41. The molecule has 1 amide bonds. The number of hydrogen-bond acceptors (Lipinski definition) is 5. The van der Waals surface area contributed by atoms with Gasteiger partial charge in [0, 0.05) is 37.8 Å². The maximum Gasteiger partial charge on any atom is 0.272 e. The van der Waals surface area contributed by atoms with Crippen molar-refractivity contribution in [2.45, 2.75) is 0 Å². The van der Waals surface area contributed by atoms with Gasteiger partial charge in [-0.1, -0.05) is 0 Å². The van der Waals surface area contributed by atoms with Gasteiger partial charge in [0.2, 0.25) is 0 Å². The van der Waals surface area contributed by atoms with Crippen molar-refractivity contribution in [3.05, 3.63) is 46.1 Å². The summed E-state index contributed by atoms with van der Waals surface area (Å²) < 4.78 is 6.79. The van der Waals surface area contributed by atoms with E-state index in [9.17, 15) is 14.9 Å². The first-order chi connectivity index (χ1) is 11.1. The van der Waals surface area contributed by atoms with E-state index >= 15 is 0 Å². The zero-order valence-corrected chi connectivity index (χ0v) is 12.6. The molecule has 8 nitrogen and oxygen atoms in total. The van der Waals surface area contributed by atoms with Crippen LogP contribution >= 0.6 is 0 Å². The summed E-state index contributed by atoms with van der Waals surface area (Å²) >= 11 is 0. The minimum Gasteiger partial charge on any atom is -0.378 e. The fourth-order valence-electron chi connectivity index (χ4n) is 2.49. The summed E-state index contributed by atoms with van der Waals surface area (Å²) in [7, 11) is 1.71. The second-order valence-electron chi connectivity index (χ2n) is 5.25. The van der Waals surface area contributed by atoms with Crippen LogP contribution in [0.5, 0.6) is 0 Å². The maximum atomic E-state index is 12.5. The van der Waals surface area contributed by atoms with Crippen LogP contribution in [0.2, 0.25) is 0 Å². The number of non-ortho nitro benzene ring substituents is 1. The van der Waals surface area contributed by atoms with Gasteiger partial charge in [-0.25, -0.2) is 0 Å². The molecule has 0 N–H and O–H groups in total. The standard InChI is InChI=1S/C15H16N4O4/c1-17-14(15(20)18-6-8-23-9-7-18)10-13(16-17)11-2-4-12(5-3-11)19(21)22/h2-5,10H,6-9H2,1H3. The molecule has 1 aliphatic rings. The largest absolute Gasteiger partial charge is 0.378 e. The summed E-state index contributed by atoms with van der Waals surface area (Å²) in [4.78, 5) is 24.5. The predicted molar refractivity (Wildman–Crippen MR) is 82.0 cm³/mol. The minimum absolute atomic E-state index is 0.0225. The van der Waals surface area contributed by atoms with Crippen LogP contribution in [0.4, 0.5) is 5.69 Å². The van der Waals surface area contributed by atoms with Gasteiger partial charge in [-0.2, -0.15) is 5.10 Å². The van der Waals surface area contributed by atoms with Crippen molar-refractivity contribution in [2.24, 2.45) is 7.05 Å². The molecular formula is C15H16N4O4. The topological polar surface area (TPSA) is 90.5 Å². The number of aromatic nitrogens is 2. The molecule has 0 aliphatic carbocycles. The van der Waals surface area contributed by atoms with Crippen molar-refractivity contribution in [1.29, 1.82) is 0 Å². The lowest BCUT2D eigenvalue weighted by atomic mass is 10.1. The lowest BCUT2D eigenvalue weighted by Gasteiger charge is -2.26. The number of hydrogen-bond donors (Lipinski definition) is 0. The van der Waals surface area contributed by atoms with Crippen LogP contribution in [0.25, 0.3) is 11.3 Å². The second-order valence-corrected chi connectivity index (χ2v) is 5.25. The van der Waals surface area contributed by atoms with E-state index in [1.807, 2.05) is 0 Å². The van der Waals surface area contributed by atoms with E-state index in [2.05, 4.69) is 5.10 Å². The molecule has 0 bridgehead atoms. The molecule has 1 aliphatic heterocycles. The number of rotatable bonds is 3. The molecule has 0 atom stereocenters. The quantitative estimate of drug-likeness (QED) is 0.631. The Morgan fingerprint density at radius 3 is 2.52 bits per heavy atom. The van der Waals surface area contributed by atoms with Crippen molar-refractivity contribution >= 4 is 11.6 Å². The number of carbonyl (C=O) groups excluding carboxylic acids is 1. The van der Waals surface area contributed by atoms with Crippen LogP contribution in [0.3, 0.4) is 0 Å². The number of carbonyl (C=O) groups is 1. The van der Waals surface area contributed by atoms with Crippen LogP contribution in [0, 0.1) is 10.1 Å². The van der Waals surface area contributed by atoms with Crippen molar-refractivity contribution in [3.63, 3.8) is 0 Å². The molecular weight excluding hydrogens is 300 g/mol. The van der Waals surface area contributed by atoms with Crippen LogP contribution in [0.1, 0.15) is 10.5 Å². The second kappa shape index (κ2) is 6.17. The molecule has 1 aromatic heterocycles. The van der Waals surface area contributed by atoms with E-state index in [0.29, 0.717) is 37.7 Å². The van der Waals surface area contributed by atoms with Crippen LogP contribution < -0.4 is 0 Å². The molecule has 0 saturated carbocycles. The highest BCUT2D eigenvalue weighted by atomic mass is 16.6. The van der Waals surface area contributed by atoms with E-state index in [0.717, 1.165) is 5.56 Å². The van der Waals surface area contributed by atoms with Gasteiger partial charge in [-0.15, -0.1) is 0 Å². The number of nitro groups is 1. The van der Waals surface area contributed by atoms with Crippen molar-refractivity contribution in [2.75, 3.05) is 26.3 Å². The van der Waals surface area contributed by atoms with Gasteiger partial charge in [0.05, 0.1) is 23.8 Å². The highest BCUT2D eigenvalue weighted by Crippen LogP contribution is 2.22. The van der Waals surface area contributed by atoms with Crippen molar-refractivity contribution in [3.8, 4) is 11.3 Å². The first-order valence-electron chi connectivity index (χ1n) is 7.22. The Morgan fingerprint density at radius 2 is 1.91 bits per heavy atom. The molecule has 0 unspecified atom stereocenters. The first-order valence-corrected chi connectivity index (χ1v) is 7.22. The van der Waals surface area contributed by atoms with Gasteiger partial charge in [0.15, 0.2) is 0 Å². The van der Waals surface area contributed by atoms with Gasteiger partial charge >= 0.3 is 0 Å². The van der Waals surface area contributed by atoms with Gasteiger partial charge in [0.25, 0.3) is 11.6 Å².